The average Bonchev–Trinajstić information content (AvgIpc) is 2.72. The highest BCUT2D eigenvalue weighted by Crippen LogP contribution is 2.52. The van der Waals surface area contributed by atoms with Crippen LogP contribution in [0.3, 0.4) is 0 Å². The van der Waals surface area contributed by atoms with E-state index in [1.165, 1.54) is 6.07 Å². The first kappa shape index (κ1) is 21.5. The van der Waals surface area contributed by atoms with Crippen molar-refractivity contribution in [1.29, 1.82) is 0 Å². The predicted octanol–water partition coefficient (Wildman–Crippen LogP) is -0.679. The maximum Gasteiger partial charge on any atom is 0.255 e. The third kappa shape index (κ3) is 2.82. The predicted molar refractivity (Wildman–Crippen MR) is 109 cm³/mol. The molecule has 0 heterocycles. The molecular formula is C21H21N3O8. The number of aliphatic hydroxyl groups is 3. The van der Waals surface area contributed by atoms with Gasteiger partial charge in [-0.05, 0) is 30.4 Å². The van der Waals surface area contributed by atoms with Crippen molar-refractivity contribution in [2.45, 2.75) is 24.9 Å². The minimum Gasteiger partial charge on any atom is -0.508 e. The van der Waals surface area contributed by atoms with Gasteiger partial charge in [0.1, 0.15) is 22.8 Å². The van der Waals surface area contributed by atoms with Crippen molar-refractivity contribution in [2.24, 2.45) is 23.3 Å². The van der Waals surface area contributed by atoms with Gasteiger partial charge < -0.3 is 37.2 Å². The van der Waals surface area contributed by atoms with Crippen LogP contribution in [0.1, 0.15) is 24.0 Å². The van der Waals surface area contributed by atoms with Gasteiger partial charge in [-0.3, -0.25) is 19.2 Å². The number of carbonyl (C=O) groups excluding carboxylic acids is 4. The highest BCUT2D eigenvalue weighted by Gasteiger charge is 2.60. The zero-order chi connectivity index (χ0) is 23.5. The zero-order valence-corrected chi connectivity index (χ0v) is 16.7. The van der Waals surface area contributed by atoms with E-state index in [2.05, 4.69) is 5.32 Å². The molecule has 32 heavy (non-hydrogen) atoms. The molecule has 1 aromatic carbocycles. The Labute approximate surface area is 181 Å². The first-order valence-electron chi connectivity index (χ1n) is 9.84. The third-order valence-corrected chi connectivity index (χ3v) is 6.40. The van der Waals surface area contributed by atoms with Gasteiger partial charge in [-0.1, -0.05) is 6.07 Å². The van der Waals surface area contributed by atoms with Crippen LogP contribution in [-0.2, 0) is 25.6 Å². The maximum atomic E-state index is 13.3. The number of Topliss-reactive ketones (excluding diaryl/α,β-unsaturated/α-hetero) is 2. The fraction of sp³-hybridized carbons (Fsp3) is 0.333. The second kappa shape index (κ2) is 7.18. The number of phenols is 1. The largest absolute Gasteiger partial charge is 0.508 e. The standard InChI is InChI=1S/C21H21N3O8/c22-6-12(26)24-10-2-1-7-3-8-4-9-5-11(25)15(20(23)31)19(30)21(9,32)18(29)14(8)17(28)13(7)16(10)27/h1-2,8-9,27-28,30,32H,3-6,22H2,(H2,23,31)(H,24,26). The van der Waals surface area contributed by atoms with Crippen molar-refractivity contribution < 1.29 is 39.6 Å². The summed E-state index contributed by atoms with van der Waals surface area (Å²) in [5, 5.41) is 45.6. The van der Waals surface area contributed by atoms with Gasteiger partial charge in [-0.2, -0.15) is 0 Å². The molecule has 1 saturated carbocycles. The number of anilines is 1. The third-order valence-electron chi connectivity index (χ3n) is 6.40. The van der Waals surface area contributed by atoms with E-state index in [-0.39, 0.29) is 42.6 Å². The molecule has 0 aromatic heterocycles. The van der Waals surface area contributed by atoms with Crippen molar-refractivity contribution in [2.75, 3.05) is 11.9 Å². The first-order valence-corrected chi connectivity index (χ1v) is 9.84. The molecule has 0 aliphatic heterocycles. The number of nitrogens with two attached hydrogens (primary N) is 2. The van der Waals surface area contributed by atoms with Crippen LogP contribution < -0.4 is 16.8 Å². The van der Waals surface area contributed by atoms with Crippen molar-refractivity contribution in [3.8, 4) is 5.75 Å². The average molecular weight is 443 g/mol. The normalized spacial score (nSPS) is 26.9. The van der Waals surface area contributed by atoms with Crippen LogP contribution in [0.2, 0.25) is 0 Å². The summed E-state index contributed by atoms with van der Waals surface area (Å²) in [6, 6.07) is 2.99. The molecule has 3 aliphatic carbocycles. The Balaban J connectivity index is 1.87. The molecule has 168 valence electrons. The lowest BCUT2D eigenvalue weighted by Gasteiger charge is -2.46. The van der Waals surface area contributed by atoms with Gasteiger partial charge in [0.05, 0.1) is 17.8 Å². The zero-order valence-electron chi connectivity index (χ0n) is 16.7. The van der Waals surface area contributed by atoms with Crippen molar-refractivity contribution in [3.63, 3.8) is 0 Å². The molecule has 0 radical (unpaired) electrons. The van der Waals surface area contributed by atoms with Gasteiger partial charge in [-0.15, -0.1) is 0 Å². The van der Waals surface area contributed by atoms with Crippen LogP contribution in [0.5, 0.6) is 5.75 Å². The Morgan fingerprint density at radius 2 is 1.84 bits per heavy atom. The molecule has 1 aromatic rings. The first-order chi connectivity index (χ1) is 15.0. The lowest BCUT2D eigenvalue weighted by atomic mass is 9.59. The van der Waals surface area contributed by atoms with E-state index in [4.69, 9.17) is 11.5 Å². The second-order valence-corrected chi connectivity index (χ2v) is 8.15. The van der Waals surface area contributed by atoms with Gasteiger partial charge in [0.25, 0.3) is 5.91 Å². The van der Waals surface area contributed by atoms with E-state index < -0.39 is 63.7 Å². The number of phenolic OH excluding ortho intramolecular Hbond substituents is 1. The number of benzene rings is 1. The molecule has 3 aliphatic rings. The molecule has 1 fully saturated rings. The molecule has 0 saturated heterocycles. The summed E-state index contributed by atoms with van der Waals surface area (Å²) in [4.78, 5) is 48.9. The van der Waals surface area contributed by atoms with E-state index in [0.717, 1.165) is 0 Å². The van der Waals surface area contributed by atoms with Crippen LogP contribution in [0, 0.1) is 11.8 Å². The van der Waals surface area contributed by atoms with Crippen LogP contribution in [0.4, 0.5) is 5.69 Å². The summed E-state index contributed by atoms with van der Waals surface area (Å²) in [7, 11) is 0. The SMILES string of the molecule is NCC(=O)Nc1ccc2c(c1O)C(O)=C1C(=O)C3(O)C(O)=C(C(N)=O)C(=O)CC3CC1C2. The number of ketones is 2. The minimum absolute atomic E-state index is 0.0355. The smallest absolute Gasteiger partial charge is 0.255 e. The number of amides is 2. The fourth-order valence-corrected chi connectivity index (χ4v) is 4.90. The molecule has 9 N–H and O–H groups in total. The number of fused-ring (bicyclic) bond motifs is 3. The van der Waals surface area contributed by atoms with E-state index in [1.54, 1.807) is 6.07 Å². The second-order valence-electron chi connectivity index (χ2n) is 8.15. The summed E-state index contributed by atoms with van der Waals surface area (Å²) in [5.74, 6) is -7.61. The number of aromatic hydroxyl groups is 1. The van der Waals surface area contributed by atoms with Crippen LogP contribution in [0.25, 0.3) is 5.76 Å². The molecule has 11 heteroatoms. The quantitative estimate of drug-likeness (QED) is 0.232. The van der Waals surface area contributed by atoms with Gasteiger partial charge in [0, 0.05) is 17.9 Å². The molecular weight excluding hydrogens is 422 g/mol. The highest BCUT2D eigenvalue weighted by molar-refractivity contribution is 6.22. The molecule has 0 bridgehead atoms. The van der Waals surface area contributed by atoms with E-state index >= 15 is 0 Å². The van der Waals surface area contributed by atoms with E-state index in [9.17, 15) is 39.6 Å². The lowest BCUT2D eigenvalue weighted by molar-refractivity contribution is -0.147. The molecule has 2 amide bonds. The summed E-state index contributed by atoms with van der Waals surface area (Å²) < 4.78 is 0. The Bertz CT molecular complexity index is 1170. The van der Waals surface area contributed by atoms with Crippen LogP contribution in [-0.4, -0.2) is 56.0 Å². The maximum absolute atomic E-state index is 13.3. The number of carbonyl (C=O) groups is 4. The summed E-state index contributed by atoms with van der Waals surface area (Å²) >= 11 is 0. The molecule has 11 nitrogen and oxygen atoms in total. The van der Waals surface area contributed by atoms with Crippen molar-refractivity contribution >= 4 is 34.8 Å². The van der Waals surface area contributed by atoms with Gasteiger partial charge in [0.2, 0.25) is 11.7 Å². The number of primary amides is 1. The Kier molecular flexibility index (Phi) is 4.83. The van der Waals surface area contributed by atoms with Crippen molar-refractivity contribution in [3.05, 3.63) is 40.2 Å². The number of hydrogen-bond acceptors (Lipinski definition) is 9. The Hall–Kier alpha value is -3.70. The Morgan fingerprint density at radius 3 is 2.47 bits per heavy atom. The molecule has 3 unspecified atom stereocenters. The molecule has 4 rings (SSSR count). The number of aliphatic hydroxyl groups excluding tert-OH is 2. The highest BCUT2D eigenvalue weighted by atomic mass is 16.3. The topological polar surface area (TPSA) is 213 Å². The number of nitrogens with one attached hydrogen (secondary N) is 1. The van der Waals surface area contributed by atoms with E-state index in [1.807, 2.05) is 0 Å². The minimum atomic E-state index is -2.61. The monoisotopic (exact) mass is 443 g/mol. The number of hydrogen-bond donors (Lipinski definition) is 7. The van der Waals surface area contributed by atoms with Gasteiger partial charge in [0.15, 0.2) is 11.4 Å². The fourth-order valence-electron chi connectivity index (χ4n) is 4.90. The van der Waals surface area contributed by atoms with Gasteiger partial charge >= 0.3 is 0 Å². The molecule has 3 atom stereocenters. The Morgan fingerprint density at radius 1 is 1.16 bits per heavy atom. The van der Waals surface area contributed by atoms with Crippen molar-refractivity contribution in [1.82, 2.24) is 0 Å². The summed E-state index contributed by atoms with van der Waals surface area (Å²) in [6.45, 7) is -0.342. The van der Waals surface area contributed by atoms with E-state index in [0.29, 0.717) is 5.56 Å². The summed E-state index contributed by atoms with van der Waals surface area (Å²) in [5.41, 5.74) is 7.04. The summed E-state index contributed by atoms with van der Waals surface area (Å²) in [6.07, 6.45) is -0.139. The van der Waals surface area contributed by atoms with Crippen LogP contribution in [0.15, 0.2) is 29.0 Å². The molecule has 0 spiro atoms. The van der Waals surface area contributed by atoms with Crippen LogP contribution >= 0.6 is 0 Å². The number of rotatable bonds is 3. The lowest BCUT2D eigenvalue weighted by Crippen LogP contribution is -2.58. The van der Waals surface area contributed by atoms with Gasteiger partial charge in [-0.25, -0.2) is 0 Å².